The fourth-order valence-electron chi connectivity index (χ4n) is 1.50. The van der Waals surface area contributed by atoms with Gasteiger partial charge in [-0.25, -0.2) is 4.39 Å². The lowest BCUT2D eigenvalue weighted by Crippen LogP contribution is -2.15. The predicted octanol–water partition coefficient (Wildman–Crippen LogP) is 3.26. The van der Waals surface area contributed by atoms with Crippen molar-refractivity contribution in [2.75, 3.05) is 22.1 Å². The standard InChI is InChI=1S/C14H19FN2O2S/c1-3-4-7-20-9-14(19)17-11-5-6-12(15)13(8-11)16-10(2)18/h5-6,8H,3-4,7,9H2,1-2H3,(H,16,18)(H,17,19). The molecule has 2 N–H and O–H groups in total. The Morgan fingerprint density at radius 3 is 2.70 bits per heavy atom. The zero-order chi connectivity index (χ0) is 15.0. The summed E-state index contributed by atoms with van der Waals surface area (Å²) in [6.07, 6.45) is 2.19. The molecule has 0 aliphatic rings. The molecule has 0 aliphatic carbocycles. The number of amides is 2. The molecule has 1 aromatic carbocycles. The van der Waals surface area contributed by atoms with Crippen molar-refractivity contribution in [1.29, 1.82) is 0 Å². The van der Waals surface area contributed by atoms with E-state index in [0.29, 0.717) is 11.4 Å². The lowest BCUT2D eigenvalue weighted by molar-refractivity contribution is -0.114. The number of hydrogen-bond donors (Lipinski definition) is 2. The summed E-state index contributed by atoms with van der Waals surface area (Å²) in [6.45, 7) is 3.40. The number of nitrogens with one attached hydrogen (secondary N) is 2. The van der Waals surface area contributed by atoms with Gasteiger partial charge in [0.25, 0.3) is 0 Å². The summed E-state index contributed by atoms with van der Waals surface area (Å²) in [5.74, 6) is 0.293. The van der Waals surface area contributed by atoms with Crippen LogP contribution in [0.1, 0.15) is 26.7 Å². The summed E-state index contributed by atoms with van der Waals surface area (Å²) in [6, 6.07) is 4.09. The van der Waals surface area contributed by atoms with Gasteiger partial charge in [-0.15, -0.1) is 0 Å². The summed E-state index contributed by atoms with van der Waals surface area (Å²) in [5, 5.41) is 5.06. The maximum absolute atomic E-state index is 13.4. The largest absolute Gasteiger partial charge is 0.325 e. The van der Waals surface area contributed by atoms with Gasteiger partial charge in [-0.2, -0.15) is 11.8 Å². The van der Waals surface area contributed by atoms with Crippen LogP contribution in [0.3, 0.4) is 0 Å². The fourth-order valence-corrected chi connectivity index (χ4v) is 2.39. The van der Waals surface area contributed by atoms with Crippen molar-refractivity contribution >= 4 is 35.0 Å². The Morgan fingerprint density at radius 2 is 2.05 bits per heavy atom. The van der Waals surface area contributed by atoms with E-state index in [9.17, 15) is 14.0 Å². The smallest absolute Gasteiger partial charge is 0.234 e. The molecule has 0 aliphatic heterocycles. The van der Waals surface area contributed by atoms with Gasteiger partial charge in [0, 0.05) is 12.6 Å². The van der Waals surface area contributed by atoms with E-state index in [1.807, 2.05) is 0 Å². The maximum Gasteiger partial charge on any atom is 0.234 e. The van der Waals surface area contributed by atoms with Crippen molar-refractivity contribution in [3.05, 3.63) is 24.0 Å². The number of carbonyl (C=O) groups is 2. The molecule has 0 fully saturated rings. The highest BCUT2D eigenvalue weighted by atomic mass is 32.2. The molecular weight excluding hydrogens is 279 g/mol. The molecule has 0 saturated carbocycles. The van der Waals surface area contributed by atoms with Crippen LogP contribution in [0.15, 0.2) is 18.2 Å². The molecule has 0 atom stereocenters. The number of anilines is 2. The second-order valence-electron chi connectivity index (χ2n) is 4.33. The van der Waals surface area contributed by atoms with Crippen LogP contribution in [0.25, 0.3) is 0 Å². The third kappa shape index (κ3) is 6.06. The van der Waals surface area contributed by atoms with Gasteiger partial charge in [-0.3, -0.25) is 9.59 Å². The summed E-state index contributed by atoms with van der Waals surface area (Å²) in [7, 11) is 0. The first-order valence-electron chi connectivity index (χ1n) is 6.47. The predicted molar refractivity (Wildman–Crippen MR) is 81.6 cm³/mol. The van der Waals surface area contributed by atoms with Crippen LogP contribution in [0.2, 0.25) is 0 Å². The molecule has 0 saturated heterocycles. The fraction of sp³-hybridized carbons (Fsp3) is 0.429. The van der Waals surface area contributed by atoms with Gasteiger partial charge in [-0.1, -0.05) is 13.3 Å². The van der Waals surface area contributed by atoms with Gasteiger partial charge in [-0.05, 0) is 30.4 Å². The summed E-state index contributed by atoms with van der Waals surface area (Å²) in [4.78, 5) is 22.6. The van der Waals surface area contributed by atoms with E-state index in [-0.39, 0.29) is 17.5 Å². The SMILES string of the molecule is CCCCSCC(=O)Nc1ccc(F)c(NC(C)=O)c1. The van der Waals surface area contributed by atoms with Crippen LogP contribution < -0.4 is 10.6 Å². The lowest BCUT2D eigenvalue weighted by Gasteiger charge is -2.08. The van der Waals surface area contributed by atoms with Crippen LogP contribution in [-0.2, 0) is 9.59 Å². The van der Waals surface area contributed by atoms with Gasteiger partial charge in [0.05, 0.1) is 11.4 Å². The van der Waals surface area contributed by atoms with E-state index in [1.165, 1.54) is 25.1 Å². The number of benzene rings is 1. The molecule has 6 heteroatoms. The third-order valence-electron chi connectivity index (χ3n) is 2.44. The minimum atomic E-state index is -0.532. The number of thioether (sulfide) groups is 1. The van der Waals surface area contributed by atoms with E-state index in [1.54, 1.807) is 11.8 Å². The summed E-state index contributed by atoms with van der Waals surface area (Å²) in [5.41, 5.74) is 0.533. The molecule has 0 aromatic heterocycles. The number of unbranched alkanes of at least 4 members (excludes halogenated alkanes) is 1. The van der Waals surface area contributed by atoms with Crippen molar-refractivity contribution < 1.29 is 14.0 Å². The molecule has 0 heterocycles. The lowest BCUT2D eigenvalue weighted by atomic mass is 10.2. The van der Waals surface area contributed by atoms with E-state index in [4.69, 9.17) is 0 Å². The van der Waals surface area contributed by atoms with Crippen LogP contribution in [0.5, 0.6) is 0 Å². The minimum absolute atomic E-state index is 0.0638. The first kappa shape index (κ1) is 16.5. The van der Waals surface area contributed by atoms with Gasteiger partial charge in [0.15, 0.2) is 0 Å². The van der Waals surface area contributed by atoms with Crippen molar-refractivity contribution in [3.63, 3.8) is 0 Å². The molecule has 110 valence electrons. The van der Waals surface area contributed by atoms with Crippen molar-refractivity contribution in [2.24, 2.45) is 0 Å². The third-order valence-corrected chi connectivity index (χ3v) is 3.48. The van der Waals surface area contributed by atoms with Crippen molar-refractivity contribution in [3.8, 4) is 0 Å². The molecule has 2 amide bonds. The summed E-state index contributed by atoms with van der Waals surface area (Å²) >= 11 is 1.57. The number of rotatable bonds is 7. The quantitative estimate of drug-likeness (QED) is 0.760. The van der Waals surface area contributed by atoms with Crippen LogP contribution in [0.4, 0.5) is 15.8 Å². The highest BCUT2D eigenvalue weighted by Gasteiger charge is 2.07. The Kier molecular flexibility index (Phi) is 7.08. The highest BCUT2D eigenvalue weighted by Crippen LogP contribution is 2.20. The first-order valence-corrected chi connectivity index (χ1v) is 7.63. The molecule has 1 aromatic rings. The molecular formula is C14H19FN2O2S. The zero-order valence-electron chi connectivity index (χ0n) is 11.7. The molecule has 0 radical (unpaired) electrons. The molecule has 0 bridgehead atoms. The average molecular weight is 298 g/mol. The molecule has 0 unspecified atom stereocenters. The van der Waals surface area contributed by atoms with E-state index in [2.05, 4.69) is 17.6 Å². The number of carbonyl (C=O) groups excluding carboxylic acids is 2. The second-order valence-corrected chi connectivity index (χ2v) is 5.44. The van der Waals surface area contributed by atoms with Gasteiger partial charge >= 0.3 is 0 Å². The number of halogens is 1. The van der Waals surface area contributed by atoms with Crippen molar-refractivity contribution in [1.82, 2.24) is 0 Å². The Balaban J connectivity index is 2.54. The highest BCUT2D eigenvalue weighted by molar-refractivity contribution is 7.99. The maximum atomic E-state index is 13.4. The Hall–Kier alpha value is -1.56. The van der Waals surface area contributed by atoms with Crippen LogP contribution in [-0.4, -0.2) is 23.3 Å². The van der Waals surface area contributed by atoms with Gasteiger partial charge < -0.3 is 10.6 Å². The van der Waals surface area contributed by atoms with Crippen LogP contribution >= 0.6 is 11.8 Å². The van der Waals surface area contributed by atoms with Crippen molar-refractivity contribution in [2.45, 2.75) is 26.7 Å². The molecule has 20 heavy (non-hydrogen) atoms. The Bertz CT molecular complexity index is 480. The normalized spacial score (nSPS) is 10.2. The van der Waals surface area contributed by atoms with E-state index >= 15 is 0 Å². The van der Waals surface area contributed by atoms with E-state index in [0.717, 1.165) is 18.6 Å². The first-order chi connectivity index (χ1) is 9.52. The topological polar surface area (TPSA) is 58.2 Å². The van der Waals surface area contributed by atoms with E-state index < -0.39 is 5.82 Å². The second kappa shape index (κ2) is 8.58. The zero-order valence-corrected chi connectivity index (χ0v) is 12.5. The monoisotopic (exact) mass is 298 g/mol. The van der Waals surface area contributed by atoms with Gasteiger partial charge in [0.1, 0.15) is 5.82 Å². The number of hydrogen-bond acceptors (Lipinski definition) is 3. The Labute approximate surface area is 122 Å². The van der Waals surface area contributed by atoms with Gasteiger partial charge in [0.2, 0.25) is 11.8 Å². The summed E-state index contributed by atoms with van der Waals surface area (Å²) < 4.78 is 13.4. The average Bonchev–Trinajstić information content (AvgIpc) is 2.38. The minimum Gasteiger partial charge on any atom is -0.325 e. The Morgan fingerprint density at radius 1 is 1.30 bits per heavy atom. The van der Waals surface area contributed by atoms with Crippen LogP contribution in [0, 0.1) is 5.82 Å². The molecule has 1 rings (SSSR count). The molecule has 4 nitrogen and oxygen atoms in total. The molecule has 0 spiro atoms.